The van der Waals surface area contributed by atoms with Gasteiger partial charge >= 0.3 is 5.97 Å². The van der Waals surface area contributed by atoms with Crippen molar-refractivity contribution in [2.45, 2.75) is 6.42 Å². The number of anilines is 1. The number of pyridine rings is 1. The SMILES string of the molecule is CN(CCc1ccncc1)c1ccccc1C=CC(=O)O. The highest BCUT2D eigenvalue weighted by molar-refractivity contribution is 5.86. The summed E-state index contributed by atoms with van der Waals surface area (Å²) in [5.74, 6) is -0.941. The average molecular weight is 282 g/mol. The average Bonchev–Trinajstić information content (AvgIpc) is 2.52. The Morgan fingerprint density at radius 1 is 1.24 bits per heavy atom. The van der Waals surface area contributed by atoms with Gasteiger partial charge in [-0.15, -0.1) is 0 Å². The van der Waals surface area contributed by atoms with E-state index in [1.807, 2.05) is 43.4 Å². The van der Waals surface area contributed by atoms with Crippen molar-refractivity contribution in [3.05, 3.63) is 66.0 Å². The number of aromatic nitrogens is 1. The molecule has 1 aromatic heterocycles. The van der Waals surface area contributed by atoms with E-state index in [9.17, 15) is 4.79 Å². The number of carboxylic acid groups (broad SMARTS) is 1. The second kappa shape index (κ2) is 7.24. The van der Waals surface area contributed by atoms with Gasteiger partial charge in [-0.1, -0.05) is 18.2 Å². The van der Waals surface area contributed by atoms with Crippen LogP contribution >= 0.6 is 0 Å². The summed E-state index contributed by atoms with van der Waals surface area (Å²) >= 11 is 0. The van der Waals surface area contributed by atoms with Gasteiger partial charge in [-0.3, -0.25) is 4.98 Å². The van der Waals surface area contributed by atoms with Crippen LogP contribution in [0.3, 0.4) is 0 Å². The molecular weight excluding hydrogens is 264 g/mol. The Bertz CT molecular complexity index is 624. The maximum absolute atomic E-state index is 10.7. The number of carboxylic acids is 1. The highest BCUT2D eigenvalue weighted by atomic mass is 16.4. The zero-order chi connectivity index (χ0) is 15.1. The Morgan fingerprint density at radius 2 is 1.95 bits per heavy atom. The molecule has 2 rings (SSSR count). The molecule has 0 spiro atoms. The van der Waals surface area contributed by atoms with E-state index in [1.54, 1.807) is 18.5 Å². The van der Waals surface area contributed by atoms with E-state index in [0.29, 0.717) is 0 Å². The lowest BCUT2D eigenvalue weighted by Gasteiger charge is -2.21. The van der Waals surface area contributed by atoms with E-state index in [0.717, 1.165) is 30.3 Å². The van der Waals surface area contributed by atoms with E-state index in [-0.39, 0.29) is 0 Å². The Hall–Kier alpha value is -2.62. The number of hydrogen-bond donors (Lipinski definition) is 1. The molecule has 0 aliphatic carbocycles. The molecule has 21 heavy (non-hydrogen) atoms. The van der Waals surface area contributed by atoms with Crippen molar-refractivity contribution >= 4 is 17.7 Å². The molecule has 1 N–H and O–H groups in total. The maximum Gasteiger partial charge on any atom is 0.328 e. The highest BCUT2D eigenvalue weighted by Gasteiger charge is 2.05. The van der Waals surface area contributed by atoms with Crippen molar-refractivity contribution in [2.75, 3.05) is 18.5 Å². The van der Waals surface area contributed by atoms with Gasteiger partial charge in [0, 0.05) is 37.7 Å². The summed E-state index contributed by atoms with van der Waals surface area (Å²) in [7, 11) is 2.01. The first-order chi connectivity index (χ1) is 10.2. The Labute approximate surface area is 124 Å². The third-order valence-corrected chi connectivity index (χ3v) is 3.24. The molecule has 0 saturated heterocycles. The maximum atomic E-state index is 10.7. The number of nitrogens with zero attached hydrogens (tertiary/aromatic N) is 2. The van der Waals surface area contributed by atoms with E-state index in [4.69, 9.17) is 5.11 Å². The third-order valence-electron chi connectivity index (χ3n) is 3.24. The minimum atomic E-state index is -0.941. The molecule has 2 aromatic rings. The van der Waals surface area contributed by atoms with Crippen molar-refractivity contribution in [3.8, 4) is 0 Å². The van der Waals surface area contributed by atoms with Gasteiger partial charge in [-0.2, -0.15) is 0 Å². The standard InChI is InChI=1S/C17H18N2O2/c1-19(13-10-14-8-11-18-12-9-14)16-5-3-2-4-15(16)6-7-17(20)21/h2-9,11-12H,10,13H2,1H3,(H,20,21). The molecule has 0 atom stereocenters. The number of para-hydroxylation sites is 1. The number of aliphatic carboxylic acids is 1. The quantitative estimate of drug-likeness (QED) is 0.828. The first kappa shape index (κ1) is 14.8. The van der Waals surface area contributed by atoms with Crippen LogP contribution in [0.1, 0.15) is 11.1 Å². The van der Waals surface area contributed by atoms with E-state index in [2.05, 4.69) is 9.88 Å². The zero-order valence-electron chi connectivity index (χ0n) is 11.9. The van der Waals surface area contributed by atoms with Gasteiger partial charge in [-0.25, -0.2) is 4.79 Å². The van der Waals surface area contributed by atoms with Crippen LogP contribution in [0.5, 0.6) is 0 Å². The van der Waals surface area contributed by atoms with Crippen LogP contribution in [-0.4, -0.2) is 29.7 Å². The lowest BCUT2D eigenvalue weighted by atomic mass is 10.1. The smallest absolute Gasteiger partial charge is 0.328 e. The summed E-state index contributed by atoms with van der Waals surface area (Å²) in [4.78, 5) is 16.8. The van der Waals surface area contributed by atoms with Crippen molar-refractivity contribution in [3.63, 3.8) is 0 Å². The minimum absolute atomic E-state index is 0.849. The second-order valence-corrected chi connectivity index (χ2v) is 4.76. The predicted octanol–water partition coefficient (Wildman–Crippen LogP) is 2.86. The van der Waals surface area contributed by atoms with Crippen molar-refractivity contribution in [1.29, 1.82) is 0 Å². The largest absolute Gasteiger partial charge is 0.478 e. The molecule has 4 nitrogen and oxygen atoms in total. The highest BCUT2D eigenvalue weighted by Crippen LogP contribution is 2.20. The molecule has 0 bridgehead atoms. The fraction of sp³-hybridized carbons (Fsp3) is 0.176. The molecule has 0 aliphatic heterocycles. The first-order valence-corrected chi connectivity index (χ1v) is 6.77. The van der Waals surface area contributed by atoms with Crippen LogP contribution in [0.25, 0.3) is 6.08 Å². The van der Waals surface area contributed by atoms with Gasteiger partial charge in [-0.05, 0) is 41.8 Å². The molecule has 0 radical (unpaired) electrons. The molecule has 0 amide bonds. The molecule has 0 aliphatic rings. The summed E-state index contributed by atoms with van der Waals surface area (Å²) in [6.45, 7) is 0.849. The molecule has 1 heterocycles. The van der Waals surface area contributed by atoms with Crippen LogP contribution in [0.2, 0.25) is 0 Å². The molecular formula is C17H18N2O2. The fourth-order valence-electron chi connectivity index (χ4n) is 2.10. The van der Waals surface area contributed by atoms with Gasteiger partial charge in [0.05, 0.1) is 0 Å². The number of hydrogen-bond acceptors (Lipinski definition) is 3. The van der Waals surface area contributed by atoms with Gasteiger partial charge < -0.3 is 10.0 Å². The van der Waals surface area contributed by atoms with Crippen LogP contribution in [-0.2, 0) is 11.2 Å². The number of benzene rings is 1. The van der Waals surface area contributed by atoms with Gasteiger partial charge in [0.15, 0.2) is 0 Å². The Morgan fingerprint density at radius 3 is 2.67 bits per heavy atom. The van der Waals surface area contributed by atoms with Gasteiger partial charge in [0.25, 0.3) is 0 Å². The summed E-state index contributed by atoms with van der Waals surface area (Å²) in [5.41, 5.74) is 3.15. The topological polar surface area (TPSA) is 53.4 Å². The summed E-state index contributed by atoms with van der Waals surface area (Å²) < 4.78 is 0. The summed E-state index contributed by atoms with van der Waals surface area (Å²) in [6, 6.07) is 11.8. The van der Waals surface area contributed by atoms with E-state index < -0.39 is 5.97 Å². The normalized spacial score (nSPS) is 10.7. The summed E-state index contributed by atoms with van der Waals surface area (Å²) in [6.07, 6.45) is 7.28. The van der Waals surface area contributed by atoms with E-state index >= 15 is 0 Å². The molecule has 0 fully saturated rings. The van der Waals surface area contributed by atoms with Crippen molar-refractivity contribution in [1.82, 2.24) is 4.98 Å². The number of likely N-dealkylation sites (N-methyl/N-ethyl adjacent to an activating group) is 1. The van der Waals surface area contributed by atoms with Crippen LogP contribution in [0, 0.1) is 0 Å². The molecule has 1 aromatic carbocycles. The summed E-state index contributed by atoms with van der Waals surface area (Å²) in [5, 5.41) is 8.75. The van der Waals surface area contributed by atoms with Crippen LogP contribution < -0.4 is 4.90 Å². The lowest BCUT2D eigenvalue weighted by Crippen LogP contribution is -2.21. The molecule has 108 valence electrons. The zero-order valence-corrected chi connectivity index (χ0v) is 11.9. The van der Waals surface area contributed by atoms with Crippen molar-refractivity contribution in [2.24, 2.45) is 0 Å². The van der Waals surface area contributed by atoms with Gasteiger partial charge in [0.2, 0.25) is 0 Å². The lowest BCUT2D eigenvalue weighted by molar-refractivity contribution is -0.131. The molecule has 0 unspecified atom stereocenters. The molecule has 4 heteroatoms. The number of rotatable bonds is 6. The van der Waals surface area contributed by atoms with E-state index in [1.165, 1.54) is 5.56 Å². The van der Waals surface area contributed by atoms with Crippen LogP contribution in [0.4, 0.5) is 5.69 Å². The minimum Gasteiger partial charge on any atom is -0.478 e. The first-order valence-electron chi connectivity index (χ1n) is 6.77. The predicted molar refractivity (Wildman–Crippen MR) is 84.3 cm³/mol. The Kier molecular flexibility index (Phi) is 5.10. The monoisotopic (exact) mass is 282 g/mol. The van der Waals surface area contributed by atoms with Crippen molar-refractivity contribution < 1.29 is 9.90 Å². The fourth-order valence-corrected chi connectivity index (χ4v) is 2.10. The second-order valence-electron chi connectivity index (χ2n) is 4.76. The van der Waals surface area contributed by atoms with Crippen LogP contribution in [0.15, 0.2) is 54.9 Å². The molecule has 0 saturated carbocycles. The third kappa shape index (κ3) is 4.45. The number of carbonyl (C=O) groups is 1. The Balaban J connectivity index is 2.08. The van der Waals surface area contributed by atoms with Gasteiger partial charge in [0.1, 0.15) is 0 Å².